The standard InChI is InChI=1S/C19H16BrN7OS/c1-11(29-19-27-26-16(28-19)12-7-9-13(20)10-8-12)15-23-17(21)25-18(24-15)22-14-5-3-2-4-6-14/h2-11H,1H3,(H3,21,22,23,24,25). The van der Waals surface area contributed by atoms with Gasteiger partial charge in [-0.1, -0.05) is 45.9 Å². The fraction of sp³-hybridized carbons (Fsp3) is 0.105. The Hall–Kier alpha value is -2.98. The van der Waals surface area contributed by atoms with Crippen molar-refractivity contribution in [3.05, 3.63) is 64.9 Å². The van der Waals surface area contributed by atoms with Crippen molar-refractivity contribution in [2.24, 2.45) is 0 Å². The number of nitrogens with two attached hydrogens (primary N) is 1. The highest BCUT2D eigenvalue weighted by atomic mass is 79.9. The van der Waals surface area contributed by atoms with E-state index in [0.717, 1.165) is 15.7 Å². The van der Waals surface area contributed by atoms with Crippen LogP contribution < -0.4 is 11.1 Å². The molecule has 0 aliphatic rings. The van der Waals surface area contributed by atoms with Crippen molar-refractivity contribution >= 4 is 45.3 Å². The van der Waals surface area contributed by atoms with E-state index in [1.807, 2.05) is 61.5 Å². The van der Waals surface area contributed by atoms with Gasteiger partial charge in [0.15, 0.2) is 0 Å². The highest BCUT2D eigenvalue weighted by Crippen LogP contribution is 2.34. The lowest BCUT2D eigenvalue weighted by Gasteiger charge is -2.10. The number of nitrogens with zero attached hydrogens (tertiary/aromatic N) is 5. The molecular formula is C19H16BrN7OS. The number of anilines is 3. The maximum atomic E-state index is 5.87. The second kappa shape index (κ2) is 8.58. The first-order valence-corrected chi connectivity index (χ1v) is 10.3. The van der Waals surface area contributed by atoms with Crippen LogP contribution in [-0.2, 0) is 0 Å². The minimum absolute atomic E-state index is 0.141. The lowest BCUT2D eigenvalue weighted by molar-refractivity contribution is 0.465. The predicted octanol–water partition coefficient (Wildman–Crippen LogP) is 4.86. The van der Waals surface area contributed by atoms with Gasteiger partial charge in [-0.05, 0) is 43.3 Å². The number of thioether (sulfide) groups is 1. The number of rotatable bonds is 6. The van der Waals surface area contributed by atoms with Gasteiger partial charge in [0, 0.05) is 15.7 Å². The molecule has 0 amide bonds. The Morgan fingerprint density at radius 2 is 1.76 bits per heavy atom. The third-order valence-electron chi connectivity index (χ3n) is 3.84. The van der Waals surface area contributed by atoms with Crippen LogP contribution in [0.1, 0.15) is 18.0 Å². The summed E-state index contributed by atoms with van der Waals surface area (Å²) in [5.41, 5.74) is 7.58. The van der Waals surface area contributed by atoms with Crippen LogP contribution in [0.5, 0.6) is 0 Å². The molecule has 4 aromatic rings. The van der Waals surface area contributed by atoms with E-state index in [1.165, 1.54) is 11.8 Å². The van der Waals surface area contributed by atoms with E-state index in [0.29, 0.717) is 22.9 Å². The first kappa shape index (κ1) is 19.3. The molecule has 10 heteroatoms. The van der Waals surface area contributed by atoms with E-state index in [2.05, 4.69) is 46.4 Å². The SMILES string of the molecule is CC(Sc1nnc(-c2ccc(Br)cc2)o1)c1nc(N)nc(Nc2ccccc2)n1. The zero-order valence-corrected chi connectivity index (χ0v) is 17.7. The third kappa shape index (κ3) is 4.90. The Labute approximate surface area is 179 Å². The summed E-state index contributed by atoms with van der Waals surface area (Å²) in [5.74, 6) is 1.49. The van der Waals surface area contributed by atoms with Gasteiger partial charge in [0.05, 0.1) is 5.25 Å². The van der Waals surface area contributed by atoms with Crippen LogP contribution in [-0.4, -0.2) is 25.1 Å². The fourth-order valence-electron chi connectivity index (χ4n) is 2.47. The van der Waals surface area contributed by atoms with Crippen molar-refractivity contribution in [1.82, 2.24) is 25.1 Å². The molecule has 1 atom stereocenters. The zero-order chi connectivity index (χ0) is 20.2. The van der Waals surface area contributed by atoms with Gasteiger partial charge in [-0.2, -0.15) is 15.0 Å². The molecular weight excluding hydrogens is 454 g/mol. The summed E-state index contributed by atoms with van der Waals surface area (Å²) in [5, 5.41) is 11.6. The van der Waals surface area contributed by atoms with Crippen LogP contribution in [0, 0.1) is 0 Å². The number of nitrogens with one attached hydrogen (secondary N) is 1. The lowest BCUT2D eigenvalue weighted by Crippen LogP contribution is -2.08. The van der Waals surface area contributed by atoms with Gasteiger partial charge in [0.25, 0.3) is 5.22 Å². The van der Waals surface area contributed by atoms with E-state index >= 15 is 0 Å². The van der Waals surface area contributed by atoms with Crippen LogP contribution in [0.15, 0.2) is 68.7 Å². The van der Waals surface area contributed by atoms with E-state index < -0.39 is 0 Å². The van der Waals surface area contributed by atoms with Gasteiger partial charge in [0.1, 0.15) is 5.82 Å². The summed E-state index contributed by atoms with van der Waals surface area (Å²) in [4.78, 5) is 12.9. The topological polar surface area (TPSA) is 116 Å². The normalized spacial score (nSPS) is 11.9. The van der Waals surface area contributed by atoms with Gasteiger partial charge in [-0.15, -0.1) is 10.2 Å². The van der Waals surface area contributed by atoms with Gasteiger partial charge in [0.2, 0.25) is 17.8 Å². The third-order valence-corrected chi connectivity index (χ3v) is 5.30. The second-order valence-corrected chi connectivity index (χ2v) is 8.21. The maximum absolute atomic E-state index is 5.87. The van der Waals surface area contributed by atoms with Crippen molar-refractivity contribution in [1.29, 1.82) is 0 Å². The Morgan fingerprint density at radius 3 is 2.52 bits per heavy atom. The quantitative estimate of drug-likeness (QED) is 0.381. The Bertz CT molecular complexity index is 1110. The minimum Gasteiger partial charge on any atom is -0.411 e. The van der Waals surface area contributed by atoms with E-state index in [4.69, 9.17) is 10.2 Å². The first-order valence-electron chi connectivity index (χ1n) is 8.66. The van der Waals surface area contributed by atoms with Gasteiger partial charge < -0.3 is 15.5 Å². The number of hydrogen-bond donors (Lipinski definition) is 2. The molecule has 146 valence electrons. The Balaban J connectivity index is 1.50. The second-order valence-electron chi connectivity index (χ2n) is 6.01. The molecule has 2 heterocycles. The van der Waals surface area contributed by atoms with Crippen molar-refractivity contribution in [2.75, 3.05) is 11.1 Å². The molecule has 0 saturated heterocycles. The van der Waals surface area contributed by atoms with Crippen molar-refractivity contribution in [3.8, 4) is 11.5 Å². The molecule has 29 heavy (non-hydrogen) atoms. The summed E-state index contributed by atoms with van der Waals surface area (Å²) in [7, 11) is 0. The molecule has 2 aromatic carbocycles. The lowest BCUT2D eigenvalue weighted by atomic mass is 10.2. The Morgan fingerprint density at radius 1 is 1.00 bits per heavy atom. The highest BCUT2D eigenvalue weighted by molar-refractivity contribution is 9.10. The van der Waals surface area contributed by atoms with Crippen molar-refractivity contribution in [2.45, 2.75) is 17.4 Å². The maximum Gasteiger partial charge on any atom is 0.277 e. The number of benzene rings is 2. The Kier molecular flexibility index (Phi) is 5.72. The summed E-state index contributed by atoms with van der Waals surface area (Å²) in [6.45, 7) is 1.94. The van der Waals surface area contributed by atoms with Crippen LogP contribution in [0.2, 0.25) is 0 Å². The molecule has 0 aliphatic heterocycles. The fourth-order valence-corrected chi connectivity index (χ4v) is 3.46. The number of halogens is 1. The van der Waals surface area contributed by atoms with E-state index in [1.54, 1.807) is 0 Å². The monoisotopic (exact) mass is 469 g/mol. The van der Waals surface area contributed by atoms with Crippen LogP contribution in [0.25, 0.3) is 11.5 Å². The van der Waals surface area contributed by atoms with Gasteiger partial charge in [-0.3, -0.25) is 0 Å². The summed E-state index contributed by atoms with van der Waals surface area (Å²) >= 11 is 4.76. The molecule has 3 N–H and O–H groups in total. The average molecular weight is 470 g/mol. The molecule has 0 fully saturated rings. The average Bonchev–Trinajstić information content (AvgIpc) is 3.17. The molecule has 8 nitrogen and oxygen atoms in total. The highest BCUT2D eigenvalue weighted by Gasteiger charge is 2.18. The largest absolute Gasteiger partial charge is 0.411 e. The zero-order valence-electron chi connectivity index (χ0n) is 15.3. The molecule has 0 saturated carbocycles. The van der Waals surface area contributed by atoms with Gasteiger partial charge in [-0.25, -0.2) is 0 Å². The summed E-state index contributed by atoms with van der Waals surface area (Å²) in [6, 6.07) is 17.3. The van der Waals surface area contributed by atoms with E-state index in [-0.39, 0.29) is 11.2 Å². The number of aromatic nitrogens is 5. The molecule has 0 radical (unpaired) electrons. The van der Waals surface area contributed by atoms with Crippen molar-refractivity contribution in [3.63, 3.8) is 0 Å². The first-order chi connectivity index (χ1) is 14.1. The minimum atomic E-state index is -0.171. The summed E-state index contributed by atoms with van der Waals surface area (Å²) in [6.07, 6.45) is 0. The predicted molar refractivity (Wildman–Crippen MR) is 116 cm³/mol. The van der Waals surface area contributed by atoms with Crippen LogP contribution >= 0.6 is 27.7 Å². The number of hydrogen-bond acceptors (Lipinski definition) is 9. The van der Waals surface area contributed by atoms with Crippen molar-refractivity contribution < 1.29 is 4.42 Å². The smallest absolute Gasteiger partial charge is 0.277 e. The summed E-state index contributed by atoms with van der Waals surface area (Å²) < 4.78 is 6.75. The van der Waals surface area contributed by atoms with Crippen LogP contribution in [0.4, 0.5) is 17.6 Å². The van der Waals surface area contributed by atoms with Gasteiger partial charge >= 0.3 is 0 Å². The van der Waals surface area contributed by atoms with Crippen LogP contribution in [0.3, 0.4) is 0 Å². The molecule has 0 spiro atoms. The molecule has 2 aromatic heterocycles. The molecule has 1 unspecified atom stereocenters. The molecule has 0 bridgehead atoms. The molecule has 4 rings (SSSR count). The number of para-hydroxylation sites is 1. The van der Waals surface area contributed by atoms with E-state index in [9.17, 15) is 0 Å². The molecule has 0 aliphatic carbocycles. The number of nitrogen functional groups attached to an aromatic ring is 1.